The van der Waals surface area contributed by atoms with Crippen molar-refractivity contribution in [3.05, 3.63) is 41.3 Å². The number of quaternary nitrogens is 1. The second-order valence-electron chi connectivity index (χ2n) is 9.10. The van der Waals surface area contributed by atoms with Crippen LogP contribution in [0.1, 0.15) is 35.2 Å². The highest BCUT2D eigenvalue weighted by Gasteiger charge is 2.28. The van der Waals surface area contributed by atoms with Gasteiger partial charge in [0.2, 0.25) is 21.8 Å². The van der Waals surface area contributed by atoms with Gasteiger partial charge < -0.3 is 25.4 Å². The van der Waals surface area contributed by atoms with E-state index in [2.05, 4.69) is 15.3 Å². The predicted molar refractivity (Wildman–Crippen MR) is 138 cm³/mol. The molecule has 13 heteroatoms. The lowest BCUT2D eigenvalue weighted by atomic mass is 10.0. The number of benzene rings is 1. The van der Waals surface area contributed by atoms with E-state index in [4.69, 9.17) is 15.2 Å². The molecule has 1 aliphatic heterocycles. The van der Waals surface area contributed by atoms with Crippen molar-refractivity contribution in [2.45, 2.75) is 25.3 Å². The molecule has 1 aliphatic rings. The molecule has 2 heterocycles. The average molecular weight is 540 g/mol. The Morgan fingerprint density at radius 2 is 1.97 bits per heavy atom. The van der Waals surface area contributed by atoms with Gasteiger partial charge in [0.1, 0.15) is 23.9 Å². The number of anilines is 2. The Morgan fingerprint density at radius 3 is 2.62 bits per heavy atom. The lowest BCUT2D eigenvalue weighted by Crippen LogP contribution is -3.09. The fourth-order valence-electron chi connectivity index (χ4n) is 4.19. The number of nitrogens with zero attached hydrogens (tertiary/aromatic N) is 3. The molecule has 0 amide bonds. The molecule has 204 valence electrons. The summed E-state index contributed by atoms with van der Waals surface area (Å²) in [6.45, 7) is 3.06. The van der Waals surface area contributed by atoms with Gasteiger partial charge in [0, 0.05) is 38.9 Å². The minimum absolute atomic E-state index is 0.0233. The molecular weight excluding hydrogens is 503 g/mol. The number of carbonyl (C=O) groups excluding carboxylic acids is 1. The molecule has 1 aromatic carbocycles. The van der Waals surface area contributed by atoms with Crippen LogP contribution >= 0.6 is 0 Å². The zero-order valence-corrected chi connectivity index (χ0v) is 22.3. The highest BCUT2D eigenvalue weighted by Crippen LogP contribution is 2.25. The minimum atomic E-state index is -3.32. The number of sulfonamides is 1. The minimum Gasteiger partial charge on any atom is -0.496 e. The van der Waals surface area contributed by atoms with E-state index in [9.17, 15) is 17.6 Å². The third-order valence-corrected chi connectivity index (χ3v) is 8.34. The van der Waals surface area contributed by atoms with E-state index in [1.165, 1.54) is 30.3 Å². The maximum atomic E-state index is 13.7. The third-order valence-electron chi connectivity index (χ3n) is 6.39. The second-order valence-corrected chi connectivity index (χ2v) is 11.2. The van der Waals surface area contributed by atoms with E-state index < -0.39 is 21.6 Å². The van der Waals surface area contributed by atoms with E-state index in [-0.39, 0.29) is 40.4 Å². The van der Waals surface area contributed by atoms with E-state index in [0.717, 1.165) is 19.2 Å². The van der Waals surface area contributed by atoms with Crippen molar-refractivity contribution in [1.29, 1.82) is 0 Å². The van der Waals surface area contributed by atoms with Gasteiger partial charge in [0.05, 0.1) is 44.2 Å². The van der Waals surface area contributed by atoms with Crippen molar-refractivity contribution in [1.82, 2.24) is 14.3 Å². The van der Waals surface area contributed by atoms with E-state index in [1.54, 1.807) is 11.4 Å². The summed E-state index contributed by atoms with van der Waals surface area (Å²) in [4.78, 5) is 22.5. The first-order chi connectivity index (χ1) is 17.6. The van der Waals surface area contributed by atoms with Gasteiger partial charge in [0.25, 0.3) is 0 Å². The average Bonchev–Trinajstić information content (AvgIpc) is 2.87. The monoisotopic (exact) mass is 539 g/mol. The van der Waals surface area contributed by atoms with Crippen molar-refractivity contribution in [3.8, 4) is 5.75 Å². The molecule has 1 fully saturated rings. The third kappa shape index (κ3) is 7.81. The molecule has 1 unspecified atom stereocenters. The highest BCUT2D eigenvalue weighted by atomic mass is 32.2. The van der Waals surface area contributed by atoms with E-state index in [0.29, 0.717) is 39.0 Å². The Bertz CT molecular complexity index is 1170. The summed E-state index contributed by atoms with van der Waals surface area (Å²) < 4.78 is 50.9. The van der Waals surface area contributed by atoms with E-state index >= 15 is 0 Å². The number of hydrogen-bond acceptors (Lipinski definition) is 9. The van der Waals surface area contributed by atoms with Crippen LogP contribution in [0.4, 0.5) is 16.2 Å². The molecule has 11 nitrogen and oxygen atoms in total. The molecule has 1 saturated heterocycles. The molecule has 4 N–H and O–H groups in total. The van der Waals surface area contributed by atoms with Crippen molar-refractivity contribution >= 4 is 27.6 Å². The first-order valence-electron chi connectivity index (χ1n) is 12.2. The quantitative estimate of drug-likeness (QED) is 0.304. The van der Waals surface area contributed by atoms with Crippen LogP contribution in [-0.2, 0) is 14.8 Å². The van der Waals surface area contributed by atoms with Crippen LogP contribution in [0.25, 0.3) is 0 Å². The summed E-state index contributed by atoms with van der Waals surface area (Å²) in [5.74, 6) is -0.596. The van der Waals surface area contributed by atoms with Gasteiger partial charge in [0.15, 0.2) is 0 Å². The van der Waals surface area contributed by atoms with Crippen LogP contribution in [0.15, 0.2) is 24.4 Å². The molecule has 1 aromatic heterocycles. The highest BCUT2D eigenvalue weighted by molar-refractivity contribution is 7.89. The maximum Gasteiger partial charge on any atom is 0.224 e. The van der Waals surface area contributed by atoms with Gasteiger partial charge in [-0.2, -0.15) is 4.98 Å². The predicted octanol–water partition coefficient (Wildman–Crippen LogP) is 0.195. The lowest BCUT2D eigenvalue weighted by molar-refractivity contribution is -0.879. The number of rotatable bonds is 13. The summed E-state index contributed by atoms with van der Waals surface area (Å²) in [6.07, 6.45) is 3.06. The number of aromatic nitrogens is 2. The Hall–Kier alpha value is -2.87. The second kappa shape index (κ2) is 13.1. The van der Waals surface area contributed by atoms with Gasteiger partial charge >= 0.3 is 0 Å². The Morgan fingerprint density at radius 1 is 1.24 bits per heavy atom. The number of hydrogen-bond donors (Lipinski definition) is 3. The Balaban J connectivity index is 1.54. The maximum absolute atomic E-state index is 13.7. The van der Waals surface area contributed by atoms with Gasteiger partial charge in [-0.25, -0.2) is 22.1 Å². The number of nitrogens with one attached hydrogen (secondary N) is 2. The summed E-state index contributed by atoms with van der Waals surface area (Å²) in [7, 11) is 1.75. The molecule has 0 bridgehead atoms. The van der Waals surface area contributed by atoms with Crippen LogP contribution in [0, 0.1) is 5.82 Å². The molecule has 1 atom stereocenters. The number of likely N-dealkylation sites (N-methyl/N-ethyl adjacent to an activating group) is 1. The van der Waals surface area contributed by atoms with Crippen molar-refractivity contribution in [2.75, 3.05) is 70.9 Å². The van der Waals surface area contributed by atoms with Gasteiger partial charge in [-0.05, 0) is 31.0 Å². The fourth-order valence-corrected chi connectivity index (χ4v) is 5.72. The first-order valence-corrected chi connectivity index (χ1v) is 13.8. The number of ether oxygens (including phenoxy) is 2. The normalized spacial score (nSPS) is 15.9. The van der Waals surface area contributed by atoms with Crippen molar-refractivity contribution < 1.29 is 32.0 Å². The topological polar surface area (TPSA) is 141 Å². The van der Waals surface area contributed by atoms with Gasteiger partial charge in [-0.3, -0.25) is 4.79 Å². The number of carbonyl (C=O) groups is 1. The van der Waals surface area contributed by atoms with Crippen molar-refractivity contribution in [3.63, 3.8) is 0 Å². The molecule has 0 aliphatic carbocycles. The van der Waals surface area contributed by atoms with Crippen LogP contribution in [0.2, 0.25) is 0 Å². The summed E-state index contributed by atoms with van der Waals surface area (Å²) >= 11 is 0. The van der Waals surface area contributed by atoms with Gasteiger partial charge in [-0.1, -0.05) is 0 Å². The van der Waals surface area contributed by atoms with Crippen molar-refractivity contribution in [2.24, 2.45) is 0 Å². The summed E-state index contributed by atoms with van der Waals surface area (Å²) in [5.41, 5.74) is 6.08. The number of piperidine rings is 1. The summed E-state index contributed by atoms with van der Waals surface area (Å²) in [5, 5.41) is 3.17. The number of nitrogens with two attached hydrogens (primary N) is 1. The fraction of sp³-hybridized carbons (Fsp3) is 0.542. The molecule has 0 radical (unpaired) electrons. The molecular formula is C24H36FN6O5S+. The zero-order valence-electron chi connectivity index (χ0n) is 21.5. The lowest BCUT2D eigenvalue weighted by Gasteiger charge is -2.31. The smallest absolute Gasteiger partial charge is 0.224 e. The van der Waals surface area contributed by atoms with Crippen LogP contribution in [0.5, 0.6) is 5.75 Å². The zero-order chi connectivity index (χ0) is 27.0. The summed E-state index contributed by atoms with van der Waals surface area (Å²) in [6, 6.07) is 3.60. The number of methoxy groups -OCH3 is 2. The number of ketones is 1. The number of halogens is 1. The Labute approximate surface area is 217 Å². The van der Waals surface area contributed by atoms with E-state index in [1.807, 2.05) is 7.05 Å². The standard InChI is InChI=1S/C24H35FN6O5S/c1-30(12-13-35-2)9-4-14-37(33,34)31-10-7-18(8-11-31)28-24-27-16-20(23(26)29-24)22(32)19-15-17(25)5-6-21(19)36-3/h5-6,15-16,18H,4,7-14H2,1-3H3,(H3,26,27,28,29)/p+1. The molecule has 37 heavy (non-hydrogen) atoms. The van der Waals surface area contributed by atoms with Crippen LogP contribution in [0.3, 0.4) is 0 Å². The van der Waals surface area contributed by atoms with Crippen LogP contribution in [-0.4, -0.2) is 94.3 Å². The molecule has 3 rings (SSSR count). The number of nitrogen functional groups attached to an aromatic ring is 1. The first kappa shape index (κ1) is 28.7. The molecule has 2 aromatic rings. The Kier molecular flexibility index (Phi) is 10.1. The SMILES string of the molecule is COCC[NH+](C)CCCS(=O)(=O)N1CCC(Nc2ncc(C(=O)c3cc(F)ccc3OC)c(N)n2)CC1. The molecule has 0 spiro atoms. The largest absolute Gasteiger partial charge is 0.496 e. The van der Waals surface area contributed by atoms with Gasteiger partial charge in [-0.15, -0.1) is 0 Å². The molecule has 0 saturated carbocycles. The van der Waals surface area contributed by atoms with Crippen LogP contribution < -0.4 is 20.7 Å².